The lowest BCUT2D eigenvalue weighted by atomic mass is 10.1. The van der Waals surface area contributed by atoms with Crippen LogP contribution in [0, 0.1) is 0 Å². The van der Waals surface area contributed by atoms with Crippen LogP contribution in [0.1, 0.15) is 38.9 Å². The molecule has 0 radical (unpaired) electrons. The van der Waals surface area contributed by atoms with Gasteiger partial charge in [0.1, 0.15) is 12.4 Å². The summed E-state index contributed by atoms with van der Waals surface area (Å²) in [5.41, 5.74) is 1.48. The number of imidazole rings is 1. The van der Waals surface area contributed by atoms with Crippen molar-refractivity contribution in [3.8, 4) is 0 Å². The molecule has 1 aromatic heterocycles. The van der Waals surface area contributed by atoms with Crippen LogP contribution in [0.5, 0.6) is 0 Å². The molecule has 0 fully saturated rings. The number of hydrogen-bond donors (Lipinski definition) is 1. The van der Waals surface area contributed by atoms with Crippen LogP contribution in [0.4, 0.5) is 0 Å². The number of nitrogens with zero attached hydrogens (tertiary/aromatic N) is 2. The minimum absolute atomic E-state index is 0.0525. The smallest absolute Gasteiger partial charge is 0.240 e. The Balaban J connectivity index is 2.41. The molecule has 4 nitrogen and oxygen atoms in total. The van der Waals surface area contributed by atoms with Crippen molar-refractivity contribution in [2.45, 2.75) is 45.2 Å². The molecule has 114 valence electrons. The normalized spacial score (nSPS) is 13.4. The molecule has 1 heterocycles. The van der Waals surface area contributed by atoms with Crippen LogP contribution in [0.15, 0.2) is 22.7 Å². The summed E-state index contributed by atoms with van der Waals surface area (Å²) in [4.78, 5) is 16.7. The molecule has 1 atom stereocenters. The van der Waals surface area contributed by atoms with Gasteiger partial charge in [0.05, 0.1) is 16.4 Å². The SMILES string of the molecule is CC(Cl)c1nc2cc(Br)ccc2n1CC(=O)NC(C)(C)C. The quantitative estimate of drug-likeness (QED) is 0.827. The fourth-order valence-electron chi connectivity index (χ4n) is 2.19. The summed E-state index contributed by atoms with van der Waals surface area (Å²) in [6.45, 7) is 7.94. The third kappa shape index (κ3) is 3.98. The lowest BCUT2D eigenvalue weighted by molar-refractivity contribution is -0.123. The molecule has 21 heavy (non-hydrogen) atoms. The number of halogens is 2. The van der Waals surface area contributed by atoms with E-state index >= 15 is 0 Å². The van der Waals surface area contributed by atoms with Crippen molar-refractivity contribution in [2.75, 3.05) is 0 Å². The van der Waals surface area contributed by atoms with Crippen molar-refractivity contribution < 1.29 is 4.79 Å². The molecular formula is C15H19BrClN3O. The monoisotopic (exact) mass is 371 g/mol. The Morgan fingerprint density at radius 3 is 2.71 bits per heavy atom. The summed E-state index contributed by atoms with van der Waals surface area (Å²) < 4.78 is 2.83. The minimum atomic E-state index is -0.265. The standard InChI is InChI=1S/C15H19BrClN3O/c1-9(17)14-18-11-7-10(16)5-6-12(11)20(14)8-13(21)19-15(2,3)4/h5-7,9H,8H2,1-4H3,(H,19,21). The van der Waals surface area contributed by atoms with Crippen molar-refractivity contribution in [3.63, 3.8) is 0 Å². The van der Waals surface area contributed by atoms with E-state index in [2.05, 4.69) is 26.2 Å². The molecule has 0 spiro atoms. The third-order valence-corrected chi connectivity index (χ3v) is 3.60. The predicted molar refractivity (Wildman–Crippen MR) is 89.6 cm³/mol. The zero-order valence-electron chi connectivity index (χ0n) is 12.6. The highest BCUT2D eigenvalue weighted by atomic mass is 79.9. The van der Waals surface area contributed by atoms with Crippen molar-refractivity contribution in [3.05, 3.63) is 28.5 Å². The van der Waals surface area contributed by atoms with E-state index in [1.165, 1.54) is 0 Å². The van der Waals surface area contributed by atoms with E-state index in [0.717, 1.165) is 15.5 Å². The Morgan fingerprint density at radius 2 is 2.14 bits per heavy atom. The van der Waals surface area contributed by atoms with Gasteiger partial charge in [-0.1, -0.05) is 15.9 Å². The van der Waals surface area contributed by atoms with E-state index in [-0.39, 0.29) is 23.4 Å². The van der Waals surface area contributed by atoms with Gasteiger partial charge in [0.15, 0.2) is 0 Å². The largest absolute Gasteiger partial charge is 0.350 e. The van der Waals surface area contributed by atoms with Gasteiger partial charge in [-0.15, -0.1) is 11.6 Å². The third-order valence-electron chi connectivity index (χ3n) is 2.91. The Morgan fingerprint density at radius 1 is 1.48 bits per heavy atom. The first kappa shape index (κ1) is 16.3. The molecule has 2 aromatic rings. The van der Waals surface area contributed by atoms with Gasteiger partial charge >= 0.3 is 0 Å². The molecule has 0 bridgehead atoms. The molecule has 0 aliphatic rings. The molecule has 0 aliphatic heterocycles. The van der Waals surface area contributed by atoms with E-state index in [1.54, 1.807) is 0 Å². The molecule has 1 aromatic carbocycles. The van der Waals surface area contributed by atoms with Crippen LogP contribution in [0.2, 0.25) is 0 Å². The number of rotatable bonds is 3. The summed E-state index contributed by atoms with van der Waals surface area (Å²) in [7, 11) is 0. The summed E-state index contributed by atoms with van der Waals surface area (Å²) in [6.07, 6.45) is 0. The van der Waals surface area contributed by atoms with E-state index in [0.29, 0.717) is 5.82 Å². The summed E-state index contributed by atoms with van der Waals surface area (Å²) >= 11 is 9.64. The number of aromatic nitrogens is 2. The molecule has 1 amide bonds. The fraction of sp³-hybridized carbons (Fsp3) is 0.467. The maximum absolute atomic E-state index is 12.2. The number of fused-ring (bicyclic) bond motifs is 1. The average Bonchev–Trinajstić information content (AvgIpc) is 2.64. The van der Waals surface area contributed by atoms with Crippen LogP contribution in [-0.2, 0) is 11.3 Å². The molecule has 0 saturated carbocycles. The van der Waals surface area contributed by atoms with Gasteiger partial charge in [0.25, 0.3) is 0 Å². The average molecular weight is 373 g/mol. The summed E-state index contributed by atoms with van der Waals surface area (Å²) in [5.74, 6) is 0.650. The van der Waals surface area contributed by atoms with Gasteiger partial charge in [-0.05, 0) is 45.9 Å². The molecule has 1 unspecified atom stereocenters. The van der Waals surface area contributed by atoms with Crippen molar-refractivity contribution >= 4 is 44.5 Å². The van der Waals surface area contributed by atoms with Crippen LogP contribution in [0.3, 0.4) is 0 Å². The summed E-state index contributed by atoms with van der Waals surface area (Å²) in [6, 6.07) is 5.81. The zero-order valence-corrected chi connectivity index (χ0v) is 14.9. The van der Waals surface area contributed by atoms with Gasteiger partial charge in [0.2, 0.25) is 5.91 Å². The van der Waals surface area contributed by atoms with Crippen LogP contribution in [-0.4, -0.2) is 21.0 Å². The van der Waals surface area contributed by atoms with Gasteiger partial charge in [-0.3, -0.25) is 4.79 Å². The predicted octanol–water partition coefficient (Wildman–Crippen LogP) is 4.01. The number of hydrogen-bond acceptors (Lipinski definition) is 2. The van der Waals surface area contributed by atoms with Crippen LogP contribution >= 0.6 is 27.5 Å². The molecule has 6 heteroatoms. The lowest BCUT2D eigenvalue weighted by Gasteiger charge is -2.21. The Labute approximate surface area is 138 Å². The van der Waals surface area contributed by atoms with E-state index < -0.39 is 0 Å². The topological polar surface area (TPSA) is 46.9 Å². The highest BCUT2D eigenvalue weighted by Crippen LogP contribution is 2.26. The number of carbonyl (C=O) groups is 1. The van der Waals surface area contributed by atoms with Crippen LogP contribution < -0.4 is 5.32 Å². The molecule has 1 N–H and O–H groups in total. The number of amides is 1. The molecule has 0 saturated heterocycles. The fourth-order valence-corrected chi connectivity index (χ4v) is 2.71. The van der Waals surface area contributed by atoms with Gasteiger partial charge in [-0.2, -0.15) is 0 Å². The highest BCUT2D eigenvalue weighted by Gasteiger charge is 2.19. The lowest BCUT2D eigenvalue weighted by Crippen LogP contribution is -2.42. The van der Waals surface area contributed by atoms with Crippen molar-refractivity contribution in [2.24, 2.45) is 0 Å². The number of nitrogens with one attached hydrogen (secondary N) is 1. The molecular weight excluding hydrogens is 354 g/mol. The maximum Gasteiger partial charge on any atom is 0.240 e. The second-order valence-electron chi connectivity index (χ2n) is 6.10. The van der Waals surface area contributed by atoms with Crippen molar-refractivity contribution in [1.82, 2.24) is 14.9 Å². The van der Waals surface area contributed by atoms with Gasteiger partial charge in [-0.25, -0.2) is 4.98 Å². The van der Waals surface area contributed by atoms with Gasteiger partial charge < -0.3 is 9.88 Å². The Kier molecular flexibility index (Phi) is 4.63. The first-order valence-corrected chi connectivity index (χ1v) is 8.01. The molecule has 0 aliphatic carbocycles. The number of carbonyl (C=O) groups excluding carboxylic acids is 1. The number of benzene rings is 1. The Hall–Kier alpha value is -1.07. The number of alkyl halides is 1. The van der Waals surface area contributed by atoms with Crippen LogP contribution in [0.25, 0.3) is 11.0 Å². The first-order valence-electron chi connectivity index (χ1n) is 6.78. The second kappa shape index (κ2) is 5.97. The van der Waals surface area contributed by atoms with E-state index in [9.17, 15) is 4.79 Å². The second-order valence-corrected chi connectivity index (χ2v) is 7.67. The van der Waals surface area contributed by atoms with E-state index in [4.69, 9.17) is 11.6 Å². The maximum atomic E-state index is 12.2. The zero-order chi connectivity index (χ0) is 15.8. The Bertz CT molecular complexity index is 673. The minimum Gasteiger partial charge on any atom is -0.350 e. The highest BCUT2D eigenvalue weighted by molar-refractivity contribution is 9.10. The van der Waals surface area contributed by atoms with E-state index in [1.807, 2.05) is 50.5 Å². The molecule has 2 rings (SSSR count). The summed E-state index contributed by atoms with van der Waals surface area (Å²) in [5, 5.41) is 2.69. The van der Waals surface area contributed by atoms with Gasteiger partial charge in [0, 0.05) is 10.0 Å². The van der Waals surface area contributed by atoms with Crippen molar-refractivity contribution in [1.29, 1.82) is 0 Å². The first-order chi connectivity index (χ1) is 9.67.